The maximum Gasteiger partial charge on any atom is 0 e. The summed E-state index contributed by atoms with van der Waals surface area (Å²) in [6.45, 7) is 17.3. The zero-order valence-electron chi connectivity index (χ0n) is 19.3. The third-order valence-electron chi connectivity index (χ3n) is 3.82. The van der Waals surface area contributed by atoms with Gasteiger partial charge in [-0.05, 0) is 12.3 Å². The Bertz CT molecular complexity index is 738. The van der Waals surface area contributed by atoms with Gasteiger partial charge in [0.25, 0.3) is 0 Å². The molecular formula is C21H26CrO11. The minimum absolute atomic E-state index is 0. The van der Waals surface area contributed by atoms with Crippen molar-refractivity contribution in [3.05, 3.63) is 36.6 Å². The second kappa shape index (κ2) is 21.1. The van der Waals surface area contributed by atoms with E-state index in [1.165, 1.54) is 35.5 Å². The van der Waals surface area contributed by atoms with Crippen molar-refractivity contribution in [2.24, 2.45) is 5.92 Å². The van der Waals surface area contributed by atoms with Gasteiger partial charge in [0, 0.05) is 17.4 Å². The van der Waals surface area contributed by atoms with E-state index < -0.39 is 18.0 Å². The number of rotatable bonds is 8. The van der Waals surface area contributed by atoms with Gasteiger partial charge < -0.3 is 28.8 Å². The van der Waals surface area contributed by atoms with Gasteiger partial charge in [-0.15, -0.1) is 0 Å². The maximum absolute atomic E-state index is 12.4. The first kappa shape index (κ1) is 37.6. The Morgan fingerprint density at radius 1 is 0.758 bits per heavy atom. The zero-order valence-corrected chi connectivity index (χ0v) is 20.6. The molecule has 0 radical (unpaired) electrons. The van der Waals surface area contributed by atoms with Gasteiger partial charge in [-0.1, -0.05) is 13.8 Å². The zero-order chi connectivity index (χ0) is 26.0. The first-order valence-electron chi connectivity index (χ1n) is 8.60. The normalized spacial score (nSPS) is 9.42. The molecule has 1 aromatic rings. The van der Waals surface area contributed by atoms with Crippen molar-refractivity contribution in [2.45, 2.75) is 26.4 Å². The van der Waals surface area contributed by atoms with E-state index in [0.717, 1.165) is 0 Å². The van der Waals surface area contributed by atoms with Crippen LogP contribution in [0.25, 0.3) is 0 Å². The SMILES string of the molecule is COC(=O)c1c(OC)c(C(=O)OC)c(OC)c(C(O)CC(C)C)c1OC.[C-]#[O+].[C-]#[O+].[C-]#[O+].[Cr]. The van der Waals surface area contributed by atoms with Crippen LogP contribution in [0.4, 0.5) is 0 Å². The molecule has 0 saturated heterocycles. The third-order valence-corrected chi connectivity index (χ3v) is 3.82. The van der Waals surface area contributed by atoms with Crippen LogP contribution in [-0.4, -0.2) is 52.6 Å². The van der Waals surface area contributed by atoms with Crippen molar-refractivity contribution in [1.29, 1.82) is 0 Å². The summed E-state index contributed by atoms with van der Waals surface area (Å²) in [6.07, 6.45) is -0.710. The van der Waals surface area contributed by atoms with Crippen LogP contribution in [0, 0.1) is 25.9 Å². The van der Waals surface area contributed by atoms with Crippen LogP contribution in [0.15, 0.2) is 0 Å². The predicted molar refractivity (Wildman–Crippen MR) is 105 cm³/mol. The monoisotopic (exact) mass is 506 g/mol. The van der Waals surface area contributed by atoms with Gasteiger partial charge in [0.15, 0.2) is 5.75 Å². The predicted octanol–water partition coefficient (Wildman–Crippen LogP) is 2.25. The number of methoxy groups -OCH3 is 5. The van der Waals surface area contributed by atoms with Crippen molar-refractivity contribution in [2.75, 3.05) is 35.5 Å². The molecule has 0 aromatic heterocycles. The van der Waals surface area contributed by atoms with Gasteiger partial charge in [0.05, 0.1) is 47.2 Å². The summed E-state index contributed by atoms with van der Waals surface area (Å²) in [7, 11) is 6.34. The van der Waals surface area contributed by atoms with Crippen molar-refractivity contribution in [1.82, 2.24) is 0 Å². The molecule has 1 aromatic carbocycles. The second-order valence-corrected chi connectivity index (χ2v) is 5.89. The summed E-state index contributed by atoms with van der Waals surface area (Å²) >= 11 is 0. The molecule has 182 valence electrons. The molecule has 1 atom stereocenters. The standard InChI is InChI=1S/C18H26O8.3CO.Cr/c1-9(2)8-10(19)11-14(22-3)12(17(20)25-6)16(24-5)13(15(11)23-4)18(21)26-7;3*1-2;/h9-10,19H,8H2,1-7H3;;;;. The Labute approximate surface area is 203 Å². The van der Waals surface area contributed by atoms with E-state index in [1.54, 1.807) is 0 Å². The number of carbonyl (C=O) groups is 2. The molecule has 0 heterocycles. The maximum atomic E-state index is 12.4. The van der Waals surface area contributed by atoms with Crippen LogP contribution < -0.4 is 14.2 Å². The molecule has 0 aliphatic rings. The molecule has 0 aliphatic carbocycles. The van der Waals surface area contributed by atoms with E-state index in [4.69, 9.17) is 37.6 Å². The van der Waals surface area contributed by atoms with E-state index in [0.29, 0.717) is 6.42 Å². The summed E-state index contributed by atoms with van der Waals surface area (Å²) in [5.41, 5.74) is -0.0988. The molecule has 1 rings (SSSR count). The van der Waals surface area contributed by atoms with Crippen LogP contribution in [0.3, 0.4) is 0 Å². The Morgan fingerprint density at radius 2 is 1.06 bits per heavy atom. The summed E-state index contributed by atoms with van der Waals surface area (Å²) in [4.78, 5) is 24.8. The molecule has 1 N–H and O–H groups in total. The van der Waals surface area contributed by atoms with Gasteiger partial charge >= 0.3 is 45.8 Å². The van der Waals surface area contributed by atoms with Crippen molar-refractivity contribution >= 4 is 11.9 Å². The number of hydrogen-bond donors (Lipinski definition) is 1. The third kappa shape index (κ3) is 9.74. The van der Waals surface area contributed by atoms with Crippen molar-refractivity contribution < 1.29 is 69.7 Å². The quantitative estimate of drug-likeness (QED) is 0.319. The molecule has 0 bridgehead atoms. The van der Waals surface area contributed by atoms with E-state index in [9.17, 15) is 14.7 Å². The number of aliphatic hydroxyl groups excluding tert-OH is 1. The number of ether oxygens (including phenoxy) is 5. The Kier molecular flexibility index (Phi) is 24.1. The largest absolute Gasteiger partial charge is 0 e. The van der Waals surface area contributed by atoms with Crippen LogP contribution in [0.5, 0.6) is 17.2 Å². The van der Waals surface area contributed by atoms with Crippen LogP contribution in [0.2, 0.25) is 0 Å². The molecule has 0 spiro atoms. The summed E-state index contributed by atoms with van der Waals surface area (Å²) in [5.74, 6) is -1.52. The van der Waals surface area contributed by atoms with Crippen LogP contribution >= 0.6 is 0 Å². The number of carbonyl (C=O) groups excluding carboxylic acids is 2. The average Bonchev–Trinajstić information content (AvgIpc) is 2.84. The fourth-order valence-corrected chi connectivity index (χ4v) is 2.77. The summed E-state index contributed by atoms with van der Waals surface area (Å²) < 4.78 is 48.2. The number of esters is 2. The first-order valence-corrected chi connectivity index (χ1v) is 8.60. The molecule has 11 nitrogen and oxygen atoms in total. The van der Waals surface area contributed by atoms with Crippen molar-refractivity contribution in [3.63, 3.8) is 0 Å². The van der Waals surface area contributed by atoms with Crippen LogP contribution in [-0.2, 0) is 40.8 Å². The molecule has 0 saturated carbocycles. The van der Waals surface area contributed by atoms with Gasteiger partial charge in [0.1, 0.15) is 22.6 Å². The Balaban J connectivity index is -0.000000553. The van der Waals surface area contributed by atoms with E-state index >= 15 is 0 Å². The van der Waals surface area contributed by atoms with Gasteiger partial charge in [-0.3, -0.25) is 0 Å². The van der Waals surface area contributed by atoms with Crippen LogP contribution in [0.1, 0.15) is 52.7 Å². The van der Waals surface area contributed by atoms with Gasteiger partial charge in [-0.25, -0.2) is 9.59 Å². The number of aliphatic hydroxyl groups is 1. The van der Waals surface area contributed by atoms with Gasteiger partial charge in [0.2, 0.25) is 0 Å². The van der Waals surface area contributed by atoms with E-state index in [-0.39, 0.29) is 57.2 Å². The fourth-order valence-electron chi connectivity index (χ4n) is 2.77. The minimum Gasteiger partial charge on any atom is 0 e. The van der Waals surface area contributed by atoms with Crippen molar-refractivity contribution in [3.8, 4) is 17.2 Å². The molecule has 33 heavy (non-hydrogen) atoms. The molecule has 0 aliphatic heterocycles. The Hall–Kier alpha value is -2.73. The molecule has 0 amide bonds. The second-order valence-electron chi connectivity index (χ2n) is 5.89. The fraction of sp³-hybridized carbons (Fsp3) is 0.476. The molecular weight excluding hydrogens is 480 g/mol. The number of hydrogen-bond acceptors (Lipinski definition) is 8. The van der Waals surface area contributed by atoms with E-state index in [2.05, 4.69) is 20.0 Å². The Morgan fingerprint density at radius 3 is 1.27 bits per heavy atom. The molecule has 0 fully saturated rings. The topological polar surface area (TPSA) is 160 Å². The molecule has 12 heteroatoms. The van der Waals surface area contributed by atoms with Gasteiger partial charge in [-0.2, -0.15) is 0 Å². The smallest absolute Gasteiger partial charge is 0 e. The number of benzene rings is 1. The first-order chi connectivity index (χ1) is 15.3. The summed E-state index contributed by atoms with van der Waals surface area (Å²) in [5, 5.41) is 10.7. The molecule has 1 unspecified atom stereocenters. The average molecular weight is 506 g/mol. The van der Waals surface area contributed by atoms with E-state index in [1.807, 2.05) is 13.8 Å². The summed E-state index contributed by atoms with van der Waals surface area (Å²) in [6, 6.07) is 0. The minimum atomic E-state index is -1.06.